The molecule has 0 aliphatic carbocycles. The Balaban J connectivity index is 2.75. The SMILES string of the molecule is CCOC(=O)C/C(=C\Nc1ccccc1)C(=O)OCC. The topological polar surface area (TPSA) is 64.6 Å². The molecule has 20 heavy (non-hydrogen) atoms. The number of carbonyl (C=O) groups excluding carboxylic acids is 2. The molecular formula is C15H19NO4. The lowest BCUT2D eigenvalue weighted by molar-refractivity contribution is -0.145. The average Bonchev–Trinajstić information content (AvgIpc) is 2.45. The molecule has 5 nitrogen and oxygen atoms in total. The predicted molar refractivity (Wildman–Crippen MR) is 76.0 cm³/mol. The third-order valence-corrected chi connectivity index (χ3v) is 2.36. The fourth-order valence-electron chi connectivity index (χ4n) is 1.48. The number of nitrogens with one attached hydrogen (secondary N) is 1. The quantitative estimate of drug-likeness (QED) is 0.613. The molecule has 0 aliphatic rings. The number of ether oxygens (including phenoxy) is 2. The lowest BCUT2D eigenvalue weighted by Gasteiger charge is -2.08. The van der Waals surface area contributed by atoms with E-state index in [1.807, 2.05) is 30.3 Å². The van der Waals surface area contributed by atoms with Gasteiger partial charge in [-0.25, -0.2) is 4.79 Å². The molecule has 0 atom stereocenters. The van der Waals surface area contributed by atoms with Crippen LogP contribution in [-0.4, -0.2) is 25.2 Å². The molecule has 0 bridgehead atoms. The van der Waals surface area contributed by atoms with Crippen LogP contribution in [0.25, 0.3) is 0 Å². The molecule has 0 spiro atoms. The van der Waals surface area contributed by atoms with Crippen molar-refractivity contribution < 1.29 is 19.1 Å². The number of anilines is 1. The molecule has 0 saturated carbocycles. The summed E-state index contributed by atoms with van der Waals surface area (Å²) in [6.07, 6.45) is 1.36. The monoisotopic (exact) mass is 277 g/mol. The van der Waals surface area contributed by atoms with Gasteiger partial charge in [0, 0.05) is 11.9 Å². The number of rotatable bonds is 7. The Morgan fingerprint density at radius 2 is 1.75 bits per heavy atom. The molecule has 1 rings (SSSR count). The van der Waals surface area contributed by atoms with Gasteiger partial charge < -0.3 is 14.8 Å². The molecule has 0 radical (unpaired) electrons. The van der Waals surface area contributed by atoms with Crippen LogP contribution in [0.4, 0.5) is 5.69 Å². The molecule has 1 N–H and O–H groups in total. The van der Waals surface area contributed by atoms with Crippen LogP contribution in [0.2, 0.25) is 0 Å². The van der Waals surface area contributed by atoms with E-state index in [0.29, 0.717) is 0 Å². The van der Waals surface area contributed by atoms with Crippen LogP contribution in [-0.2, 0) is 19.1 Å². The van der Waals surface area contributed by atoms with Crippen molar-refractivity contribution in [2.75, 3.05) is 18.5 Å². The average molecular weight is 277 g/mol. The van der Waals surface area contributed by atoms with Gasteiger partial charge in [0.15, 0.2) is 0 Å². The molecule has 0 amide bonds. The van der Waals surface area contributed by atoms with Crippen molar-refractivity contribution in [2.24, 2.45) is 0 Å². The summed E-state index contributed by atoms with van der Waals surface area (Å²) >= 11 is 0. The fraction of sp³-hybridized carbons (Fsp3) is 0.333. The summed E-state index contributed by atoms with van der Waals surface area (Å²) in [5, 5.41) is 2.96. The Hall–Kier alpha value is -2.30. The third-order valence-electron chi connectivity index (χ3n) is 2.36. The maximum atomic E-state index is 11.8. The van der Waals surface area contributed by atoms with Crippen molar-refractivity contribution in [3.05, 3.63) is 42.1 Å². The van der Waals surface area contributed by atoms with E-state index in [-0.39, 0.29) is 25.2 Å². The molecule has 108 valence electrons. The molecule has 0 fully saturated rings. The van der Waals surface area contributed by atoms with Gasteiger partial charge in [-0.1, -0.05) is 18.2 Å². The standard InChI is InChI=1S/C15H19NO4/c1-3-19-14(17)10-12(15(18)20-4-2)11-16-13-8-6-5-7-9-13/h5-9,11,16H,3-4,10H2,1-2H3/b12-11+. The number of esters is 2. The van der Waals surface area contributed by atoms with Crippen LogP contribution in [0.5, 0.6) is 0 Å². The Kier molecular flexibility index (Phi) is 6.89. The molecule has 0 unspecified atom stereocenters. The van der Waals surface area contributed by atoms with Gasteiger partial charge in [-0.15, -0.1) is 0 Å². The van der Waals surface area contributed by atoms with Crippen molar-refractivity contribution in [3.8, 4) is 0 Å². The van der Waals surface area contributed by atoms with E-state index in [0.717, 1.165) is 5.69 Å². The predicted octanol–water partition coefficient (Wildman–Crippen LogP) is 2.50. The van der Waals surface area contributed by atoms with E-state index in [4.69, 9.17) is 9.47 Å². The molecule has 1 aromatic carbocycles. The maximum Gasteiger partial charge on any atom is 0.336 e. The lowest BCUT2D eigenvalue weighted by Crippen LogP contribution is -2.14. The highest BCUT2D eigenvalue weighted by molar-refractivity contribution is 5.94. The first-order valence-electron chi connectivity index (χ1n) is 6.50. The number of hydrogen-bond acceptors (Lipinski definition) is 5. The Morgan fingerprint density at radius 3 is 2.35 bits per heavy atom. The van der Waals surface area contributed by atoms with Crippen LogP contribution >= 0.6 is 0 Å². The van der Waals surface area contributed by atoms with E-state index in [9.17, 15) is 9.59 Å². The summed E-state index contributed by atoms with van der Waals surface area (Å²) in [5.41, 5.74) is 1.05. The van der Waals surface area contributed by atoms with Gasteiger partial charge in [0.1, 0.15) is 0 Å². The van der Waals surface area contributed by atoms with Gasteiger partial charge in [0.05, 0.1) is 25.2 Å². The van der Waals surface area contributed by atoms with E-state index >= 15 is 0 Å². The minimum atomic E-state index is -0.524. The van der Waals surface area contributed by atoms with Crippen molar-refractivity contribution in [3.63, 3.8) is 0 Å². The second-order valence-electron chi connectivity index (χ2n) is 3.88. The normalized spacial score (nSPS) is 10.8. The number of para-hydroxylation sites is 1. The Morgan fingerprint density at radius 1 is 1.10 bits per heavy atom. The maximum absolute atomic E-state index is 11.8. The molecule has 5 heteroatoms. The summed E-state index contributed by atoms with van der Waals surface area (Å²) in [6.45, 7) is 3.96. The third kappa shape index (κ3) is 5.56. The first-order chi connectivity index (χ1) is 9.67. The van der Waals surface area contributed by atoms with Gasteiger partial charge in [-0.3, -0.25) is 4.79 Å². The molecule has 0 saturated heterocycles. The molecule has 0 aromatic heterocycles. The highest BCUT2D eigenvalue weighted by atomic mass is 16.5. The Bertz CT molecular complexity index is 468. The highest BCUT2D eigenvalue weighted by Gasteiger charge is 2.15. The van der Waals surface area contributed by atoms with E-state index < -0.39 is 11.9 Å². The summed E-state index contributed by atoms with van der Waals surface area (Å²) in [4.78, 5) is 23.2. The fourth-order valence-corrected chi connectivity index (χ4v) is 1.48. The zero-order chi connectivity index (χ0) is 14.8. The van der Waals surface area contributed by atoms with Gasteiger partial charge in [0.2, 0.25) is 0 Å². The van der Waals surface area contributed by atoms with Crippen LogP contribution in [0, 0.1) is 0 Å². The molecule has 0 heterocycles. The number of hydrogen-bond donors (Lipinski definition) is 1. The van der Waals surface area contributed by atoms with Crippen molar-refractivity contribution >= 4 is 17.6 Å². The van der Waals surface area contributed by atoms with E-state index in [2.05, 4.69) is 5.32 Å². The van der Waals surface area contributed by atoms with Crippen molar-refractivity contribution in [1.82, 2.24) is 0 Å². The first-order valence-corrected chi connectivity index (χ1v) is 6.50. The zero-order valence-corrected chi connectivity index (χ0v) is 11.7. The second kappa shape index (κ2) is 8.74. The number of benzene rings is 1. The van der Waals surface area contributed by atoms with Gasteiger partial charge in [-0.05, 0) is 26.0 Å². The largest absolute Gasteiger partial charge is 0.466 e. The molecular weight excluding hydrogens is 258 g/mol. The summed E-state index contributed by atoms with van der Waals surface area (Å²) in [5.74, 6) is -0.981. The van der Waals surface area contributed by atoms with Gasteiger partial charge >= 0.3 is 11.9 Å². The van der Waals surface area contributed by atoms with Crippen LogP contribution in [0.1, 0.15) is 20.3 Å². The van der Waals surface area contributed by atoms with Gasteiger partial charge in [0.25, 0.3) is 0 Å². The van der Waals surface area contributed by atoms with E-state index in [1.165, 1.54) is 6.20 Å². The Labute approximate surface area is 118 Å². The minimum Gasteiger partial charge on any atom is -0.466 e. The lowest BCUT2D eigenvalue weighted by atomic mass is 10.2. The van der Waals surface area contributed by atoms with Crippen LogP contribution < -0.4 is 5.32 Å². The van der Waals surface area contributed by atoms with Crippen LogP contribution in [0.3, 0.4) is 0 Å². The minimum absolute atomic E-state index is 0.119. The highest BCUT2D eigenvalue weighted by Crippen LogP contribution is 2.10. The number of carbonyl (C=O) groups is 2. The first kappa shape index (κ1) is 15.8. The summed E-state index contributed by atoms with van der Waals surface area (Å²) in [7, 11) is 0. The molecule has 1 aromatic rings. The van der Waals surface area contributed by atoms with E-state index in [1.54, 1.807) is 13.8 Å². The van der Waals surface area contributed by atoms with Crippen LogP contribution in [0.15, 0.2) is 42.1 Å². The summed E-state index contributed by atoms with van der Waals surface area (Å²) in [6, 6.07) is 9.32. The van der Waals surface area contributed by atoms with Crippen molar-refractivity contribution in [1.29, 1.82) is 0 Å². The smallest absolute Gasteiger partial charge is 0.336 e. The second-order valence-corrected chi connectivity index (χ2v) is 3.88. The molecule has 0 aliphatic heterocycles. The van der Waals surface area contributed by atoms with Crippen molar-refractivity contribution in [2.45, 2.75) is 20.3 Å². The van der Waals surface area contributed by atoms with Gasteiger partial charge in [-0.2, -0.15) is 0 Å². The zero-order valence-electron chi connectivity index (χ0n) is 11.7. The summed E-state index contributed by atoms with van der Waals surface area (Å²) < 4.78 is 9.75.